The molecule has 0 aliphatic rings. The van der Waals surface area contributed by atoms with Gasteiger partial charge in [-0.1, -0.05) is 50.1 Å². The van der Waals surface area contributed by atoms with Crippen LogP contribution in [0.1, 0.15) is 31.7 Å². The van der Waals surface area contributed by atoms with Gasteiger partial charge in [0.25, 0.3) is 0 Å². The van der Waals surface area contributed by atoms with E-state index < -0.39 is 10.1 Å². The molecule has 29 heavy (non-hydrogen) atoms. The van der Waals surface area contributed by atoms with Crippen LogP contribution in [0, 0.1) is 0 Å². The Balaban J connectivity index is 0.00000300. The van der Waals surface area contributed by atoms with E-state index in [2.05, 4.69) is 0 Å². The van der Waals surface area contributed by atoms with Crippen molar-refractivity contribution < 1.29 is 17.3 Å². The van der Waals surface area contributed by atoms with Crippen molar-refractivity contribution in [3.8, 4) is 17.2 Å². The highest BCUT2D eigenvalue weighted by molar-refractivity contribution is 7.87. The van der Waals surface area contributed by atoms with Gasteiger partial charge in [0.05, 0.1) is 5.75 Å². The van der Waals surface area contributed by atoms with Crippen LogP contribution in [0.4, 0.5) is 0 Å². The Morgan fingerprint density at radius 3 is 2.45 bits per heavy atom. The Morgan fingerprint density at radius 1 is 0.931 bits per heavy atom. The molecule has 0 amide bonds. The first-order valence-electron chi connectivity index (χ1n) is 9.42. The standard InChI is InChI=1S/C22H25NO4S.ClH/c1-2-3-4-13-28(24,25)27-20-9-6-8-19(15-20)26-22-10-5-7-18-14-17(16-23)11-12-21(18)22;/h5-12,14-15H,2-4,13,16,23H2,1H3;1H. The summed E-state index contributed by atoms with van der Waals surface area (Å²) >= 11 is 0. The normalized spacial score (nSPS) is 11.1. The Labute approximate surface area is 178 Å². The number of ether oxygens (including phenoxy) is 1. The van der Waals surface area contributed by atoms with Crippen LogP contribution in [0.5, 0.6) is 17.2 Å². The van der Waals surface area contributed by atoms with Gasteiger partial charge in [-0.3, -0.25) is 0 Å². The van der Waals surface area contributed by atoms with Gasteiger partial charge in [0.15, 0.2) is 0 Å². The number of benzene rings is 3. The predicted molar refractivity (Wildman–Crippen MR) is 120 cm³/mol. The summed E-state index contributed by atoms with van der Waals surface area (Å²) in [5.41, 5.74) is 6.76. The first-order valence-corrected chi connectivity index (χ1v) is 11.0. The SMILES string of the molecule is CCCCCS(=O)(=O)Oc1cccc(Oc2cccc3cc(CN)ccc23)c1.Cl. The molecule has 0 saturated carbocycles. The zero-order chi connectivity index (χ0) is 20.0. The Morgan fingerprint density at radius 2 is 1.69 bits per heavy atom. The minimum atomic E-state index is -3.61. The van der Waals surface area contributed by atoms with Crippen LogP contribution in [-0.4, -0.2) is 14.2 Å². The fourth-order valence-electron chi connectivity index (χ4n) is 2.95. The quantitative estimate of drug-likeness (QED) is 0.359. The molecule has 3 rings (SSSR count). The van der Waals surface area contributed by atoms with Crippen molar-refractivity contribution in [2.24, 2.45) is 5.73 Å². The highest BCUT2D eigenvalue weighted by Gasteiger charge is 2.13. The number of rotatable bonds is 9. The molecule has 3 aromatic carbocycles. The summed E-state index contributed by atoms with van der Waals surface area (Å²) in [5, 5.41) is 1.99. The van der Waals surface area contributed by atoms with Crippen molar-refractivity contribution in [3.63, 3.8) is 0 Å². The van der Waals surface area contributed by atoms with E-state index in [9.17, 15) is 8.42 Å². The zero-order valence-corrected chi connectivity index (χ0v) is 18.0. The number of fused-ring (bicyclic) bond motifs is 1. The summed E-state index contributed by atoms with van der Waals surface area (Å²) in [7, 11) is -3.61. The zero-order valence-electron chi connectivity index (χ0n) is 16.3. The van der Waals surface area contributed by atoms with Gasteiger partial charge in [-0.2, -0.15) is 8.42 Å². The Kier molecular flexibility index (Phi) is 8.32. The number of nitrogens with two attached hydrogens (primary N) is 1. The van der Waals surface area contributed by atoms with Crippen LogP contribution in [0.15, 0.2) is 60.7 Å². The van der Waals surface area contributed by atoms with Crippen LogP contribution >= 0.6 is 12.4 Å². The summed E-state index contributed by atoms with van der Waals surface area (Å²) in [5.74, 6) is 1.46. The van der Waals surface area contributed by atoms with Crippen LogP contribution < -0.4 is 14.7 Å². The summed E-state index contributed by atoms with van der Waals surface area (Å²) in [6.07, 6.45) is 2.41. The molecule has 0 aromatic heterocycles. The average molecular weight is 436 g/mol. The molecule has 0 aliphatic carbocycles. The molecule has 0 bridgehead atoms. The van der Waals surface area contributed by atoms with E-state index in [1.54, 1.807) is 24.3 Å². The summed E-state index contributed by atoms with van der Waals surface area (Å²) in [4.78, 5) is 0. The van der Waals surface area contributed by atoms with Gasteiger partial charge in [0.2, 0.25) is 0 Å². The molecule has 0 radical (unpaired) electrons. The molecule has 156 valence electrons. The predicted octanol–water partition coefficient (Wildman–Crippen LogP) is 5.41. The van der Waals surface area contributed by atoms with Crippen molar-refractivity contribution >= 4 is 33.3 Å². The minimum Gasteiger partial charge on any atom is -0.457 e. The molecule has 0 aliphatic heterocycles. The first kappa shape index (κ1) is 23.0. The second kappa shape index (κ2) is 10.5. The van der Waals surface area contributed by atoms with Gasteiger partial charge >= 0.3 is 10.1 Å². The molecule has 3 aromatic rings. The maximum atomic E-state index is 12.1. The second-order valence-electron chi connectivity index (χ2n) is 6.64. The maximum absolute atomic E-state index is 12.1. The lowest BCUT2D eigenvalue weighted by atomic mass is 10.1. The van der Waals surface area contributed by atoms with Crippen LogP contribution in [0.25, 0.3) is 10.8 Å². The molecule has 0 heterocycles. The highest BCUT2D eigenvalue weighted by atomic mass is 35.5. The average Bonchev–Trinajstić information content (AvgIpc) is 2.68. The number of hydrogen-bond donors (Lipinski definition) is 1. The molecule has 7 heteroatoms. The second-order valence-corrected chi connectivity index (χ2v) is 8.34. The van der Waals surface area contributed by atoms with E-state index in [1.165, 1.54) is 0 Å². The number of hydrogen-bond acceptors (Lipinski definition) is 5. The van der Waals surface area contributed by atoms with Gasteiger partial charge in [-0.05, 0) is 41.6 Å². The lowest BCUT2D eigenvalue weighted by Gasteiger charge is -2.11. The third-order valence-corrected chi connectivity index (χ3v) is 5.63. The lowest BCUT2D eigenvalue weighted by molar-refractivity contribution is 0.470. The van der Waals surface area contributed by atoms with Gasteiger partial charge in [0.1, 0.15) is 17.2 Å². The van der Waals surface area contributed by atoms with Gasteiger partial charge < -0.3 is 14.7 Å². The van der Waals surface area contributed by atoms with E-state index >= 15 is 0 Å². The van der Waals surface area contributed by atoms with Gasteiger partial charge in [0, 0.05) is 18.0 Å². The molecule has 0 saturated heterocycles. The van der Waals surface area contributed by atoms with Crippen molar-refractivity contribution in [1.82, 2.24) is 0 Å². The van der Waals surface area contributed by atoms with Crippen molar-refractivity contribution in [1.29, 1.82) is 0 Å². The first-order chi connectivity index (χ1) is 13.5. The molecule has 0 atom stereocenters. The number of halogens is 1. The lowest BCUT2D eigenvalue weighted by Crippen LogP contribution is -2.13. The largest absolute Gasteiger partial charge is 0.457 e. The van der Waals surface area contributed by atoms with Crippen LogP contribution in [-0.2, 0) is 16.7 Å². The van der Waals surface area contributed by atoms with Crippen LogP contribution in [0.2, 0.25) is 0 Å². The topological polar surface area (TPSA) is 78.6 Å². The van der Waals surface area contributed by atoms with E-state index in [4.69, 9.17) is 14.7 Å². The Hall–Kier alpha value is -2.28. The van der Waals surface area contributed by atoms with Crippen molar-refractivity contribution in [2.75, 3.05) is 5.75 Å². The third-order valence-electron chi connectivity index (χ3n) is 4.39. The summed E-state index contributed by atoms with van der Waals surface area (Å²) in [6, 6.07) is 18.5. The molecular formula is C22H26ClNO4S. The summed E-state index contributed by atoms with van der Waals surface area (Å²) < 4.78 is 35.4. The molecule has 0 fully saturated rings. The van der Waals surface area contributed by atoms with Gasteiger partial charge in [-0.25, -0.2) is 0 Å². The molecule has 0 spiro atoms. The van der Waals surface area contributed by atoms with E-state index in [1.807, 2.05) is 43.3 Å². The van der Waals surface area contributed by atoms with E-state index in [0.717, 1.165) is 29.2 Å². The summed E-state index contributed by atoms with van der Waals surface area (Å²) in [6.45, 7) is 2.51. The van der Waals surface area contributed by atoms with Gasteiger partial charge in [-0.15, -0.1) is 12.4 Å². The van der Waals surface area contributed by atoms with E-state index in [-0.39, 0.29) is 23.9 Å². The molecule has 5 nitrogen and oxygen atoms in total. The fourth-order valence-corrected chi connectivity index (χ4v) is 3.99. The van der Waals surface area contributed by atoms with E-state index in [0.29, 0.717) is 24.5 Å². The smallest absolute Gasteiger partial charge is 0.309 e. The molecule has 2 N–H and O–H groups in total. The van der Waals surface area contributed by atoms with Crippen LogP contribution in [0.3, 0.4) is 0 Å². The highest BCUT2D eigenvalue weighted by Crippen LogP contribution is 2.32. The Bertz CT molecular complexity index is 1050. The third kappa shape index (κ3) is 6.35. The molecular weight excluding hydrogens is 410 g/mol. The molecule has 0 unspecified atom stereocenters. The monoisotopic (exact) mass is 435 g/mol. The fraction of sp³-hybridized carbons (Fsp3) is 0.273. The van der Waals surface area contributed by atoms with Crippen molar-refractivity contribution in [2.45, 2.75) is 32.7 Å². The maximum Gasteiger partial charge on any atom is 0.309 e. The van der Waals surface area contributed by atoms with Crippen molar-refractivity contribution in [3.05, 3.63) is 66.2 Å². The number of unbranched alkanes of at least 4 members (excludes halogenated alkanes) is 2. The minimum absolute atomic E-state index is 0.